The second kappa shape index (κ2) is 8.06. The predicted molar refractivity (Wildman–Crippen MR) is 98.6 cm³/mol. The SMILES string of the molecule is CCc1ccc(NC(=O)SC)c(COc2ccc(C)cc2C)c1. The molecule has 1 amide bonds. The second-order valence-electron chi connectivity index (χ2n) is 5.52. The van der Waals surface area contributed by atoms with Crippen LogP contribution in [0.25, 0.3) is 0 Å². The summed E-state index contributed by atoms with van der Waals surface area (Å²) in [7, 11) is 0. The Hall–Kier alpha value is -1.94. The van der Waals surface area contributed by atoms with Crippen LogP contribution in [0.3, 0.4) is 0 Å². The highest BCUT2D eigenvalue weighted by molar-refractivity contribution is 8.13. The maximum Gasteiger partial charge on any atom is 0.283 e. The van der Waals surface area contributed by atoms with E-state index in [9.17, 15) is 4.79 Å². The van der Waals surface area contributed by atoms with Gasteiger partial charge in [-0.15, -0.1) is 0 Å². The predicted octanol–water partition coefficient (Wildman–Crippen LogP) is 5.34. The topological polar surface area (TPSA) is 38.3 Å². The number of carbonyl (C=O) groups excluding carboxylic acids is 1. The van der Waals surface area contributed by atoms with Gasteiger partial charge in [0, 0.05) is 11.3 Å². The van der Waals surface area contributed by atoms with E-state index in [1.165, 1.54) is 22.9 Å². The molecule has 0 aliphatic carbocycles. The van der Waals surface area contributed by atoms with Crippen LogP contribution in [0, 0.1) is 13.8 Å². The number of carbonyl (C=O) groups is 1. The Labute approximate surface area is 142 Å². The smallest absolute Gasteiger partial charge is 0.283 e. The van der Waals surface area contributed by atoms with Crippen LogP contribution in [0.1, 0.15) is 29.2 Å². The molecule has 0 saturated heterocycles. The molecule has 0 unspecified atom stereocenters. The first-order chi connectivity index (χ1) is 11.0. The minimum absolute atomic E-state index is 0.0676. The largest absolute Gasteiger partial charge is 0.489 e. The summed E-state index contributed by atoms with van der Waals surface area (Å²) in [4.78, 5) is 11.7. The summed E-state index contributed by atoms with van der Waals surface area (Å²) in [5.74, 6) is 0.875. The standard InChI is InChI=1S/C19H23NO2S/c1-5-15-7-8-17(20-19(21)23-4)16(11-15)12-22-18-9-6-13(2)10-14(18)3/h6-11H,5,12H2,1-4H3,(H,20,21). The minimum Gasteiger partial charge on any atom is -0.489 e. The summed E-state index contributed by atoms with van der Waals surface area (Å²) >= 11 is 1.17. The van der Waals surface area contributed by atoms with Gasteiger partial charge in [-0.1, -0.05) is 48.5 Å². The quantitative estimate of drug-likeness (QED) is 0.804. The van der Waals surface area contributed by atoms with Crippen molar-refractivity contribution in [3.05, 3.63) is 58.7 Å². The Kier molecular flexibility index (Phi) is 6.11. The normalized spacial score (nSPS) is 10.4. The van der Waals surface area contributed by atoms with E-state index < -0.39 is 0 Å². The van der Waals surface area contributed by atoms with Crippen LogP contribution in [0.2, 0.25) is 0 Å². The maximum atomic E-state index is 11.7. The van der Waals surface area contributed by atoms with Crippen LogP contribution in [-0.2, 0) is 13.0 Å². The number of benzene rings is 2. The van der Waals surface area contributed by atoms with Crippen LogP contribution >= 0.6 is 11.8 Å². The molecule has 0 saturated carbocycles. The van der Waals surface area contributed by atoms with E-state index in [0.717, 1.165) is 29.0 Å². The second-order valence-corrected chi connectivity index (χ2v) is 6.30. The average Bonchev–Trinajstić information content (AvgIpc) is 2.55. The molecule has 0 radical (unpaired) electrons. The van der Waals surface area contributed by atoms with Gasteiger partial charge < -0.3 is 10.1 Å². The Balaban J connectivity index is 2.20. The lowest BCUT2D eigenvalue weighted by Crippen LogP contribution is -2.09. The van der Waals surface area contributed by atoms with Crippen molar-refractivity contribution in [3.63, 3.8) is 0 Å². The fraction of sp³-hybridized carbons (Fsp3) is 0.316. The first-order valence-corrected chi connectivity index (χ1v) is 8.92. The average molecular weight is 329 g/mol. The highest BCUT2D eigenvalue weighted by atomic mass is 32.2. The summed E-state index contributed by atoms with van der Waals surface area (Å²) in [6.45, 7) is 6.66. The third-order valence-corrected chi connectivity index (χ3v) is 4.19. The molecule has 0 aliphatic heterocycles. The lowest BCUT2D eigenvalue weighted by atomic mass is 10.1. The number of aryl methyl sites for hydroxylation is 3. The first-order valence-electron chi connectivity index (χ1n) is 7.70. The van der Waals surface area contributed by atoms with Crippen molar-refractivity contribution >= 4 is 22.7 Å². The molecule has 0 heterocycles. The van der Waals surface area contributed by atoms with Gasteiger partial charge in [-0.25, -0.2) is 0 Å². The number of nitrogens with one attached hydrogen (secondary N) is 1. The Morgan fingerprint density at radius 3 is 2.61 bits per heavy atom. The fourth-order valence-electron chi connectivity index (χ4n) is 2.39. The maximum absolute atomic E-state index is 11.7. The Bertz CT molecular complexity index is 698. The van der Waals surface area contributed by atoms with Gasteiger partial charge in [0.1, 0.15) is 12.4 Å². The summed E-state index contributed by atoms with van der Waals surface area (Å²) in [5, 5.41) is 2.85. The lowest BCUT2D eigenvalue weighted by Gasteiger charge is -2.14. The van der Waals surface area contributed by atoms with Gasteiger partial charge in [-0.05, 0) is 49.8 Å². The van der Waals surface area contributed by atoms with Gasteiger partial charge in [0.15, 0.2) is 0 Å². The molecule has 0 atom stereocenters. The molecule has 23 heavy (non-hydrogen) atoms. The van der Waals surface area contributed by atoms with E-state index in [4.69, 9.17) is 4.74 Å². The van der Waals surface area contributed by atoms with Crippen molar-refractivity contribution < 1.29 is 9.53 Å². The van der Waals surface area contributed by atoms with E-state index in [0.29, 0.717) is 6.61 Å². The molecule has 2 rings (SSSR count). The van der Waals surface area contributed by atoms with Gasteiger partial charge in [0.25, 0.3) is 5.24 Å². The van der Waals surface area contributed by atoms with Crippen molar-refractivity contribution in [1.29, 1.82) is 0 Å². The molecule has 0 aliphatic rings. The number of rotatable bonds is 5. The van der Waals surface area contributed by atoms with Crippen LogP contribution in [-0.4, -0.2) is 11.5 Å². The van der Waals surface area contributed by atoms with Crippen molar-refractivity contribution in [2.24, 2.45) is 0 Å². The molecule has 0 bridgehead atoms. The molecule has 3 nitrogen and oxygen atoms in total. The van der Waals surface area contributed by atoms with Crippen LogP contribution in [0.4, 0.5) is 10.5 Å². The number of amides is 1. The van der Waals surface area contributed by atoms with Crippen molar-refractivity contribution in [1.82, 2.24) is 0 Å². The zero-order valence-corrected chi connectivity index (χ0v) is 14.9. The molecule has 122 valence electrons. The molecule has 0 fully saturated rings. The molecule has 2 aromatic rings. The minimum atomic E-state index is -0.0676. The molecule has 0 spiro atoms. The van der Waals surface area contributed by atoms with Crippen molar-refractivity contribution in [2.45, 2.75) is 33.8 Å². The Morgan fingerprint density at radius 2 is 1.96 bits per heavy atom. The molecule has 0 aromatic heterocycles. The van der Waals surface area contributed by atoms with E-state index in [2.05, 4.69) is 31.3 Å². The van der Waals surface area contributed by atoms with Crippen molar-refractivity contribution in [2.75, 3.05) is 11.6 Å². The molecule has 1 N–H and O–H groups in total. The van der Waals surface area contributed by atoms with Gasteiger partial charge in [0.2, 0.25) is 0 Å². The number of thioether (sulfide) groups is 1. The Morgan fingerprint density at radius 1 is 1.17 bits per heavy atom. The number of anilines is 1. The molecular formula is C19H23NO2S. The highest BCUT2D eigenvalue weighted by Crippen LogP contribution is 2.24. The summed E-state index contributed by atoms with van der Waals surface area (Å²) in [6.07, 6.45) is 2.72. The molecular weight excluding hydrogens is 306 g/mol. The van der Waals surface area contributed by atoms with E-state index in [1.807, 2.05) is 31.2 Å². The summed E-state index contributed by atoms with van der Waals surface area (Å²) < 4.78 is 5.98. The van der Waals surface area contributed by atoms with E-state index in [1.54, 1.807) is 6.26 Å². The number of ether oxygens (including phenoxy) is 1. The van der Waals surface area contributed by atoms with Gasteiger partial charge >= 0.3 is 0 Å². The fourth-order valence-corrected chi connectivity index (χ4v) is 2.60. The van der Waals surface area contributed by atoms with Crippen molar-refractivity contribution in [3.8, 4) is 5.75 Å². The van der Waals surface area contributed by atoms with Crippen LogP contribution in [0.5, 0.6) is 5.75 Å². The monoisotopic (exact) mass is 329 g/mol. The first kappa shape index (κ1) is 17.4. The van der Waals surface area contributed by atoms with Crippen LogP contribution in [0.15, 0.2) is 36.4 Å². The summed E-state index contributed by atoms with van der Waals surface area (Å²) in [6, 6.07) is 12.2. The summed E-state index contributed by atoms with van der Waals surface area (Å²) in [5.41, 5.74) is 5.37. The molecule has 4 heteroatoms. The highest BCUT2D eigenvalue weighted by Gasteiger charge is 2.09. The number of hydrogen-bond donors (Lipinski definition) is 1. The van der Waals surface area contributed by atoms with Gasteiger partial charge in [-0.3, -0.25) is 4.79 Å². The van der Waals surface area contributed by atoms with E-state index in [-0.39, 0.29) is 5.24 Å². The zero-order valence-electron chi connectivity index (χ0n) is 14.1. The zero-order chi connectivity index (χ0) is 16.8. The lowest BCUT2D eigenvalue weighted by molar-refractivity contribution is 0.269. The van der Waals surface area contributed by atoms with Gasteiger partial charge in [0.05, 0.1) is 0 Å². The van der Waals surface area contributed by atoms with E-state index >= 15 is 0 Å². The number of hydrogen-bond acceptors (Lipinski definition) is 3. The van der Waals surface area contributed by atoms with Gasteiger partial charge in [-0.2, -0.15) is 0 Å². The molecule has 2 aromatic carbocycles. The third kappa shape index (κ3) is 4.76. The van der Waals surface area contributed by atoms with Crippen LogP contribution < -0.4 is 10.1 Å². The third-order valence-electron chi connectivity index (χ3n) is 3.71.